The number of nitrogens with one attached hydrogen (secondary N) is 1. The third-order valence-corrected chi connectivity index (χ3v) is 5.42. The summed E-state index contributed by atoms with van der Waals surface area (Å²) in [5.74, 6) is 0.460. The molecule has 2 aromatic carbocycles. The molecule has 2 aromatic rings. The quantitative estimate of drug-likeness (QED) is 0.903. The largest absolute Gasteiger partial charge is 0.353 e. The molecule has 25 heavy (non-hydrogen) atoms. The van der Waals surface area contributed by atoms with Crippen molar-refractivity contribution < 1.29 is 4.79 Å². The Kier molecular flexibility index (Phi) is 4.84. The first-order valence-electron chi connectivity index (χ1n) is 9.45. The van der Waals surface area contributed by atoms with E-state index in [2.05, 4.69) is 70.9 Å². The first-order valence-corrected chi connectivity index (χ1v) is 9.45. The monoisotopic (exact) mass is 334 g/mol. The molecular formula is C22H26N2O. The molecule has 0 radical (unpaired) electrons. The number of rotatable bonds is 5. The van der Waals surface area contributed by atoms with Crippen molar-refractivity contribution in [2.45, 2.75) is 37.8 Å². The van der Waals surface area contributed by atoms with Crippen molar-refractivity contribution in [3.63, 3.8) is 0 Å². The third kappa shape index (κ3) is 3.93. The minimum absolute atomic E-state index is 0.184. The number of benzene rings is 2. The summed E-state index contributed by atoms with van der Waals surface area (Å²) in [6.45, 7) is 1.94. The molecule has 1 heterocycles. The van der Waals surface area contributed by atoms with Crippen LogP contribution in [0.15, 0.2) is 60.7 Å². The van der Waals surface area contributed by atoms with E-state index in [-0.39, 0.29) is 17.9 Å². The van der Waals surface area contributed by atoms with Crippen molar-refractivity contribution in [3.8, 4) is 0 Å². The molecule has 0 bridgehead atoms. The van der Waals surface area contributed by atoms with Gasteiger partial charge in [0.25, 0.3) is 0 Å². The lowest BCUT2D eigenvalue weighted by atomic mass is 9.91. The van der Waals surface area contributed by atoms with E-state index in [0.717, 1.165) is 38.8 Å². The van der Waals surface area contributed by atoms with Crippen LogP contribution in [-0.2, 0) is 4.79 Å². The summed E-state index contributed by atoms with van der Waals surface area (Å²) in [6, 6.07) is 22.2. The van der Waals surface area contributed by atoms with Gasteiger partial charge in [0.1, 0.15) is 0 Å². The number of nitrogens with zero attached hydrogens (tertiary/aromatic N) is 1. The lowest BCUT2D eigenvalue weighted by Crippen LogP contribution is -2.42. The van der Waals surface area contributed by atoms with Crippen LogP contribution in [0.3, 0.4) is 0 Å². The van der Waals surface area contributed by atoms with Crippen molar-refractivity contribution in [3.05, 3.63) is 71.8 Å². The maximum Gasteiger partial charge on any atom is 0.223 e. The summed E-state index contributed by atoms with van der Waals surface area (Å²) >= 11 is 0. The van der Waals surface area contributed by atoms with Crippen LogP contribution in [0.5, 0.6) is 0 Å². The van der Waals surface area contributed by atoms with Gasteiger partial charge in [-0.25, -0.2) is 0 Å². The van der Waals surface area contributed by atoms with Crippen LogP contribution in [0.1, 0.15) is 42.9 Å². The molecule has 4 rings (SSSR count). The van der Waals surface area contributed by atoms with Gasteiger partial charge in [-0.3, -0.25) is 9.69 Å². The minimum atomic E-state index is 0.184. The Hall–Kier alpha value is -2.13. The minimum Gasteiger partial charge on any atom is -0.353 e. The average Bonchev–Trinajstić information content (AvgIpc) is 3.48. The molecule has 130 valence electrons. The summed E-state index contributed by atoms with van der Waals surface area (Å²) in [6.07, 6.45) is 4.23. The fourth-order valence-electron chi connectivity index (χ4n) is 3.85. The molecule has 1 N–H and O–H groups in total. The van der Waals surface area contributed by atoms with Gasteiger partial charge in [-0.05, 0) is 49.9 Å². The van der Waals surface area contributed by atoms with E-state index in [4.69, 9.17) is 0 Å². The molecule has 1 saturated heterocycles. The van der Waals surface area contributed by atoms with Crippen LogP contribution in [0.25, 0.3) is 0 Å². The second-order valence-electron chi connectivity index (χ2n) is 7.32. The van der Waals surface area contributed by atoms with Gasteiger partial charge in [0.05, 0.1) is 6.04 Å². The lowest BCUT2D eigenvalue weighted by molar-refractivity contribution is -0.126. The lowest BCUT2D eigenvalue weighted by Gasteiger charge is -2.37. The Bertz CT molecular complexity index is 649. The number of carbonyl (C=O) groups excluding carboxylic acids is 1. The highest BCUT2D eigenvalue weighted by atomic mass is 16.2. The van der Waals surface area contributed by atoms with E-state index in [0.29, 0.717) is 6.04 Å². The molecule has 3 nitrogen and oxygen atoms in total. The maximum absolute atomic E-state index is 12.3. The molecule has 0 spiro atoms. The van der Waals surface area contributed by atoms with E-state index in [1.54, 1.807) is 0 Å². The number of likely N-dealkylation sites (tertiary alicyclic amines) is 1. The van der Waals surface area contributed by atoms with Gasteiger partial charge >= 0.3 is 0 Å². The van der Waals surface area contributed by atoms with Crippen LogP contribution in [0.2, 0.25) is 0 Å². The van der Waals surface area contributed by atoms with Crippen LogP contribution < -0.4 is 5.32 Å². The maximum atomic E-state index is 12.3. The zero-order valence-corrected chi connectivity index (χ0v) is 14.6. The Morgan fingerprint density at radius 3 is 1.84 bits per heavy atom. The molecule has 0 atom stereocenters. The first kappa shape index (κ1) is 16.3. The van der Waals surface area contributed by atoms with Crippen molar-refractivity contribution in [2.75, 3.05) is 13.1 Å². The summed E-state index contributed by atoms with van der Waals surface area (Å²) < 4.78 is 0. The Balaban J connectivity index is 1.48. The molecular weight excluding hydrogens is 308 g/mol. The van der Waals surface area contributed by atoms with Gasteiger partial charge in [-0.15, -0.1) is 0 Å². The van der Waals surface area contributed by atoms with Gasteiger partial charge in [-0.2, -0.15) is 0 Å². The number of hydrogen-bond acceptors (Lipinski definition) is 2. The Morgan fingerprint density at radius 2 is 1.36 bits per heavy atom. The van der Waals surface area contributed by atoms with Gasteiger partial charge in [-0.1, -0.05) is 60.7 Å². The van der Waals surface area contributed by atoms with Crippen LogP contribution in [0.4, 0.5) is 0 Å². The van der Waals surface area contributed by atoms with E-state index in [9.17, 15) is 4.79 Å². The smallest absolute Gasteiger partial charge is 0.223 e. The van der Waals surface area contributed by atoms with Crippen LogP contribution >= 0.6 is 0 Å². The molecule has 1 amide bonds. The average molecular weight is 334 g/mol. The second kappa shape index (κ2) is 7.40. The van der Waals surface area contributed by atoms with Gasteiger partial charge in [0, 0.05) is 12.0 Å². The second-order valence-corrected chi connectivity index (χ2v) is 7.32. The molecule has 0 aromatic heterocycles. The van der Waals surface area contributed by atoms with Crippen LogP contribution in [0, 0.1) is 5.92 Å². The highest BCUT2D eigenvalue weighted by molar-refractivity contribution is 5.79. The van der Waals surface area contributed by atoms with Crippen molar-refractivity contribution in [2.24, 2.45) is 5.92 Å². The molecule has 1 aliphatic heterocycles. The highest BCUT2D eigenvalue weighted by Crippen LogP contribution is 2.32. The standard InChI is InChI=1S/C22H26N2O/c25-22(23-20-11-12-20)19-13-15-24(16-14-19)21(17-7-3-1-4-8-17)18-9-5-2-6-10-18/h1-10,19-21H,11-16H2,(H,23,25). The fourth-order valence-corrected chi connectivity index (χ4v) is 3.85. The normalized spacial score (nSPS) is 19.1. The van der Waals surface area contributed by atoms with Crippen molar-refractivity contribution >= 4 is 5.91 Å². The molecule has 1 saturated carbocycles. The van der Waals surface area contributed by atoms with E-state index < -0.39 is 0 Å². The number of amides is 1. The van der Waals surface area contributed by atoms with E-state index in [1.807, 2.05) is 0 Å². The van der Waals surface area contributed by atoms with Gasteiger partial charge in [0.2, 0.25) is 5.91 Å². The van der Waals surface area contributed by atoms with Crippen molar-refractivity contribution in [1.82, 2.24) is 10.2 Å². The van der Waals surface area contributed by atoms with Gasteiger partial charge in [0.15, 0.2) is 0 Å². The SMILES string of the molecule is O=C(NC1CC1)C1CCN(C(c2ccccc2)c2ccccc2)CC1. The molecule has 1 aliphatic carbocycles. The third-order valence-electron chi connectivity index (χ3n) is 5.42. The fraction of sp³-hybridized carbons (Fsp3) is 0.409. The van der Waals surface area contributed by atoms with Crippen LogP contribution in [-0.4, -0.2) is 29.9 Å². The summed E-state index contributed by atoms with van der Waals surface area (Å²) in [7, 11) is 0. The summed E-state index contributed by atoms with van der Waals surface area (Å²) in [5.41, 5.74) is 2.66. The molecule has 3 heteroatoms. The number of hydrogen-bond donors (Lipinski definition) is 1. The Labute approximate surface area is 150 Å². The van der Waals surface area contributed by atoms with Gasteiger partial charge < -0.3 is 5.32 Å². The summed E-state index contributed by atoms with van der Waals surface area (Å²) in [4.78, 5) is 14.9. The molecule has 2 fully saturated rings. The zero-order chi connectivity index (χ0) is 17.1. The number of piperidine rings is 1. The molecule has 2 aliphatic rings. The van der Waals surface area contributed by atoms with E-state index in [1.165, 1.54) is 11.1 Å². The Morgan fingerprint density at radius 1 is 0.840 bits per heavy atom. The predicted octanol–water partition coefficient (Wildman–Crippen LogP) is 3.77. The van der Waals surface area contributed by atoms with Crippen molar-refractivity contribution in [1.29, 1.82) is 0 Å². The molecule has 0 unspecified atom stereocenters. The zero-order valence-electron chi connectivity index (χ0n) is 14.6. The highest BCUT2D eigenvalue weighted by Gasteiger charge is 2.32. The summed E-state index contributed by atoms with van der Waals surface area (Å²) in [5, 5.41) is 3.17. The number of carbonyl (C=O) groups is 1. The first-order chi connectivity index (χ1) is 12.3. The topological polar surface area (TPSA) is 32.3 Å². The predicted molar refractivity (Wildman–Crippen MR) is 100 cm³/mol. The van der Waals surface area contributed by atoms with E-state index >= 15 is 0 Å².